The lowest BCUT2D eigenvalue weighted by Crippen LogP contribution is -2.32. The Kier molecular flexibility index (Phi) is 6.30. The molecule has 21 heavy (non-hydrogen) atoms. The minimum Gasteiger partial charge on any atom is -0.383 e. The monoisotopic (exact) mass is 297 g/mol. The molecule has 0 unspecified atom stereocenters. The number of nitrogens with zero attached hydrogens (tertiary/aromatic N) is 2. The van der Waals surface area contributed by atoms with E-state index >= 15 is 0 Å². The minimum atomic E-state index is -0.552. The quantitative estimate of drug-likeness (QED) is 0.350. The molecule has 116 valence electrons. The van der Waals surface area contributed by atoms with E-state index in [2.05, 4.69) is 20.6 Å². The van der Waals surface area contributed by atoms with Crippen molar-refractivity contribution in [3.63, 3.8) is 0 Å². The van der Waals surface area contributed by atoms with Gasteiger partial charge in [-0.1, -0.05) is 0 Å². The average molecular weight is 297 g/mol. The van der Waals surface area contributed by atoms with Crippen LogP contribution < -0.4 is 27.8 Å². The summed E-state index contributed by atoms with van der Waals surface area (Å²) in [6.45, 7) is 1.16. The number of anilines is 2. The molecular weight excluding hydrogens is 278 g/mol. The Morgan fingerprint density at radius 1 is 1.05 bits per heavy atom. The van der Waals surface area contributed by atoms with Gasteiger partial charge in [-0.05, 0) is 0 Å². The van der Waals surface area contributed by atoms with Crippen LogP contribution in [0.25, 0.3) is 0 Å². The molecule has 8 N–H and O–H groups in total. The first-order chi connectivity index (χ1) is 10.0. The molecule has 1 rings (SSSR count). The van der Waals surface area contributed by atoms with Crippen molar-refractivity contribution in [3.8, 4) is 0 Å². The van der Waals surface area contributed by atoms with E-state index in [1.165, 1.54) is 7.11 Å². The molecule has 0 saturated heterocycles. The summed E-state index contributed by atoms with van der Waals surface area (Å²) in [5.74, 6) is -1.46. The highest BCUT2D eigenvalue weighted by Crippen LogP contribution is 2.12. The van der Waals surface area contributed by atoms with Crippen LogP contribution >= 0.6 is 0 Å². The number of ether oxygens (including phenoxy) is 1. The Morgan fingerprint density at radius 2 is 1.52 bits per heavy atom. The minimum absolute atomic E-state index is 0.140. The van der Waals surface area contributed by atoms with Gasteiger partial charge in [0.2, 0.25) is 0 Å². The molecule has 1 aromatic rings. The summed E-state index contributed by atoms with van der Waals surface area (Å²) in [7, 11) is 1.51. The zero-order valence-electron chi connectivity index (χ0n) is 11.7. The normalized spacial score (nSPS) is 10.2. The number of carbonyl (C=O) groups is 2. The summed E-state index contributed by atoms with van der Waals surface area (Å²) in [6.07, 6.45) is 0. The number of amides is 2. The molecule has 0 aliphatic heterocycles. The summed E-state index contributed by atoms with van der Waals surface area (Å²) in [4.78, 5) is 31.2. The zero-order chi connectivity index (χ0) is 15.8. The fourth-order valence-corrected chi connectivity index (χ4v) is 1.42. The van der Waals surface area contributed by atoms with Gasteiger partial charge in [0.15, 0.2) is 23.0 Å². The molecule has 0 fully saturated rings. The van der Waals surface area contributed by atoms with E-state index in [1.807, 2.05) is 0 Å². The number of rotatable bonds is 7. The van der Waals surface area contributed by atoms with Gasteiger partial charge >= 0.3 is 0 Å². The molecule has 10 nitrogen and oxygen atoms in total. The smallest absolute Gasteiger partial charge is 0.273 e. The number of nitrogens with two attached hydrogens (primary N) is 3. The van der Waals surface area contributed by atoms with Crippen LogP contribution in [0.1, 0.15) is 21.0 Å². The second-order valence-electron chi connectivity index (χ2n) is 3.98. The third-order valence-corrected chi connectivity index (χ3v) is 2.40. The summed E-state index contributed by atoms with van der Waals surface area (Å²) in [5.41, 5.74) is 16.3. The average Bonchev–Trinajstić information content (AvgIpc) is 2.46. The van der Waals surface area contributed by atoms with Crippen molar-refractivity contribution in [2.24, 2.45) is 5.73 Å². The summed E-state index contributed by atoms with van der Waals surface area (Å²) in [6, 6.07) is 0. The highest BCUT2D eigenvalue weighted by atomic mass is 16.5. The Bertz CT molecular complexity index is 521. The van der Waals surface area contributed by atoms with Crippen molar-refractivity contribution < 1.29 is 14.3 Å². The van der Waals surface area contributed by atoms with Gasteiger partial charge in [0.25, 0.3) is 11.8 Å². The van der Waals surface area contributed by atoms with E-state index < -0.39 is 11.8 Å². The lowest BCUT2D eigenvalue weighted by atomic mass is 10.3. The highest BCUT2D eigenvalue weighted by Gasteiger charge is 2.19. The predicted octanol–water partition coefficient (Wildman–Crippen LogP) is -2.29. The number of aromatic nitrogens is 2. The van der Waals surface area contributed by atoms with Gasteiger partial charge in [-0.15, -0.1) is 0 Å². The first kappa shape index (κ1) is 16.6. The summed E-state index contributed by atoms with van der Waals surface area (Å²) in [5, 5.41) is 5.02. The molecule has 0 aliphatic carbocycles. The van der Waals surface area contributed by atoms with Crippen LogP contribution in [0.2, 0.25) is 0 Å². The molecule has 10 heteroatoms. The standard InChI is InChI=1S/C11H19N7O3/c1-21-5-4-16-11(20)7-9(14)17-6(8(13)18-7)10(19)15-3-2-12/h2-5,12H2,1H3,(H2,13,18)(H2,14,17)(H,15,19)(H,16,20). The number of methoxy groups -OCH3 is 1. The van der Waals surface area contributed by atoms with Gasteiger partial charge in [-0.2, -0.15) is 0 Å². The number of nitrogen functional groups attached to an aromatic ring is 2. The van der Waals surface area contributed by atoms with Crippen molar-refractivity contribution in [1.29, 1.82) is 0 Å². The van der Waals surface area contributed by atoms with Gasteiger partial charge in [-0.3, -0.25) is 9.59 Å². The van der Waals surface area contributed by atoms with E-state index in [1.54, 1.807) is 0 Å². The lowest BCUT2D eigenvalue weighted by Gasteiger charge is -2.10. The number of hydrogen-bond donors (Lipinski definition) is 5. The van der Waals surface area contributed by atoms with E-state index in [4.69, 9.17) is 21.9 Å². The van der Waals surface area contributed by atoms with Crippen LogP contribution in [0, 0.1) is 0 Å². The number of nitrogens with one attached hydrogen (secondary N) is 2. The lowest BCUT2D eigenvalue weighted by molar-refractivity contribution is 0.0925. The molecule has 0 atom stereocenters. The van der Waals surface area contributed by atoms with Crippen molar-refractivity contribution in [2.45, 2.75) is 0 Å². The fourth-order valence-electron chi connectivity index (χ4n) is 1.42. The topological polar surface area (TPSA) is 171 Å². The van der Waals surface area contributed by atoms with Gasteiger partial charge < -0.3 is 32.6 Å². The third-order valence-electron chi connectivity index (χ3n) is 2.40. The van der Waals surface area contributed by atoms with Gasteiger partial charge in [0, 0.05) is 26.7 Å². The maximum Gasteiger partial charge on any atom is 0.273 e. The second kappa shape index (κ2) is 7.97. The molecule has 1 heterocycles. The van der Waals surface area contributed by atoms with Crippen molar-refractivity contribution >= 4 is 23.5 Å². The SMILES string of the molecule is COCCNC(=O)c1nc(N)c(C(=O)NCCN)nc1N. The van der Waals surface area contributed by atoms with Crippen LogP contribution in [0.4, 0.5) is 11.6 Å². The highest BCUT2D eigenvalue weighted by molar-refractivity contribution is 6.00. The number of carbonyl (C=O) groups excluding carboxylic acids is 2. The summed E-state index contributed by atoms with van der Waals surface area (Å²) < 4.78 is 4.80. The van der Waals surface area contributed by atoms with Crippen molar-refractivity contribution in [2.75, 3.05) is 44.8 Å². The van der Waals surface area contributed by atoms with Crippen LogP contribution in [-0.4, -0.2) is 55.1 Å². The van der Waals surface area contributed by atoms with E-state index in [9.17, 15) is 9.59 Å². The molecule has 1 aromatic heterocycles. The molecule has 2 amide bonds. The molecule has 0 aromatic carbocycles. The maximum atomic E-state index is 11.8. The number of hydrogen-bond acceptors (Lipinski definition) is 8. The molecule has 0 saturated carbocycles. The molecule has 0 bridgehead atoms. The van der Waals surface area contributed by atoms with Gasteiger partial charge in [0.05, 0.1) is 6.61 Å². The first-order valence-electron chi connectivity index (χ1n) is 6.19. The first-order valence-corrected chi connectivity index (χ1v) is 6.19. The fraction of sp³-hybridized carbons (Fsp3) is 0.455. The Balaban J connectivity index is 2.88. The molecule has 0 aliphatic rings. The van der Waals surface area contributed by atoms with Gasteiger partial charge in [0.1, 0.15) is 0 Å². The van der Waals surface area contributed by atoms with E-state index in [0.29, 0.717) is 6.61 Å². The van der Waals surface area contributed by atoms with Crippen LogP contribution in [-0.2, 0) is 4.74 Å². The van der Waals surface area contributed by atoms with Crippen molar-refractivity contribution in [1.82, 2.24) is 20.6 Å². The Labute approximate surface area is 121 Å². The molecular formula is C11H19N7O3. The largest absolute Gasteiger partial charge is 0.383 e. The van der Waals surface area contributed by atoms with Crippen LogP contribution in [0.15, 0.2) is 0 Å². The van der Waals surface area contributed by atoms with Crippen LogP contribution in [0.5, 0.6) is 0 Å². The van der Waals surface area contributed by atoms with Crippen LogP contribution in [0.3, 0.4) is 0 Å². The third kappa shape index (κ3) is 4.54. The summed E-state index contributed by atoms with van der Waals surface area (Å²) >= 11 is 0. The van der Waals surface area contributed by atoms with Crippen molar-refractivity contribution in [3.05, 3.63) is 11.4 Å². The second-order valence-corrected chi connectivity index (χ2v) is 3.98. The Hall–Kier alpha value is -2.46. The molecule has 0 radical (unpaired) electrons. The predicted molar refractivity (Wildman–Crippen MR) is 76.5 cm³/mol. The maximum absolute atomic E-state index is 11.8. The van der Waals surface area contributed by atoms with Gasteiger partial charge in [-0.25, -0.2) is 9.97 Å². The van der Waals surface area contributed by atoms with E-state index in [0.717, 1.165) is 0 Å². The molecule has 0 spiro atoms. The zero-order valence-corrected chi connectivity index (χ0v) is 11.7. The van der Waals surface area contributed by atoms with E-state index in [-0.39, 0.29) is 42.7 Å². The Morgan fingerprint density at radius 3 is 1.95 bits per heavy atom.